The van der Waals surface area contributed by atoms with Crippen LogP contribution in [-0.4, -0.2) is 28.8 Å². The van der Waals surface area contributed by atoms with E-state index in [4.69, 9.17) is 17.3 Å². The number of aromatic nitrogens is 2. The molecule has 0 bridgehead atoms. The summed E-state index contributed by atoms with van der Waals surface area (Å²) in [4.78, 5) is 12.1. The third-order valence-corrected chi connectivity index (χ3v) is 3.52. The Morgan fingerprint density at radius 2 is 1.88 bits per heavy atom. The fourth-order valence-electron chi connectivity index (χ4n) is 2.13. The number of nitrogens with two attached hydrogens (primary N) is 1. The highest BCUT2D eigenvalue weighted by Crippen LogP contribution is 2.33. The Morgan fingerprint density at radius 3 is 2.44 bits per heavy atom. The van der Waals surface area contributed by atoms with Gasteiger partial charge in [-0.1, -0.05) is 11.6 Å². The molecule has 1 aromatic heterocycles. The van der Waals surface area contributed by atoms with Crippen LogP contribution >= 0.6 is 24.0 Å². The molecule has 25 heavy (non-hydrogen) atoms. The highest BCUT2D eigenvalue weighted by atomic mass is 35.5. The highest BCUT2D eigenvalue weighted by Gasteiger charge is 2.40. The number of nitrogens with zero attached hydrogens (tertiary/aromatic N) is 2. The van der Waals surface area contributed by atoms with E-state index in [1.165, 1.54) is 24.3 Å². The molecule has 1 amide bonds. The minimum Gasteiger partial charge on any atom is -0.352 e. The van der Waals surface area contributed by atoms with Crippen LogP contribution in [0.2, 0.25) is 5.02 Å². The first-order chi connectivity index (χ1) is 11.3. The monoisotopic (exact) mass is 396 g/mol. The first-order valence-electron chi connectivity index (χ1n) is 7.24. The Bertz CT molecular complexity index is 702. The van der Waals surface area contributed by atoms with Gasteiger partial charge in [0, 0.05) is 11.6 Å². The molecule has 2 rings (SSSR count). The third-order valence-electron chi connectivity index (χ3n) is 3.27. The van der Waals surface area contributed by atoms with Crippen LogP contribution in [0.15, 0.2) is 30.5 Å². The number of nitrogens with one attached hydrogen (secondary N) is 1. The minimum atomic E-state index is -4.74. The SMILES string of the molecule is Cl.NCCCCNC(=O)c1cnn(-c2ccc(Cl)cc2)c1C(F)(F)F. The van der Waals surface area contributed by atoms with Gasteiger partial charge >= 0.3 is 6.18 Å². The molecule has 0 aliphatic heterocycles. The molecule has 5 nitrogen and oxygen atoms in total. The Balaban J connectivity index is 0.00000312. The van der Waals surface area contributed by atoms with Gasteiger partial charge in [-0.25, -0.2) is 4.68 Å². The van der Waals surface area contributed by atoms with Crippen molar-refractivity contribution >= 4 is 29.9 Å². The van der Waals surface area contributed by atoms with Crippen molar-refractivity contribution in [3.8, 4) is 5.69 Å². The number of carbonyl (C=O) groups is 1. The smallest absolute Gasteiger partial charge is 0.352 e. The van der Waals surface area contributed by atoms with E-state index in [-0.39, 0.29) is 24.6 Å². The number of amides is 1. The fourth-order valence-corrected chi connectivity index (χ4v) is 2.26. The number of benzene rings is 1. The molecular formula is C15H17Cl2F3N4O. The van der Waals surface area contributed by atoms with Gasteiger partial charge in [0.25, 0.3) is 5.91 Å². The molecule has 0 aliphatic rings. The number of alkyl halides is 3. The molecule has 138 valence electrons. The Morgan fingerprint density at radius 1 is 1.24 bits per heavy atom. The van der Waals surface area contributed by atoms with Crippen LogP contribution in [0.5, 0.6) is 0 Å². The number of halogens is 5. The van der Waals surface area contributed by atoms with Crippen molar-refractivity contribution < 1.29 is 18.0 Å². The Hall–Kier alpha value is -1.77. The highest BCUT2D eigenvalue weighted by molar-refractivity contribution is 6.30. The lowest BCUT2D eigenvalue weighted by atomic mass is 10.2. The average Bonchev–Trinajstić information content (AvgIpc) is 2.97. The van der Waals surface area contributed by atoms with Gasteiger partial charge in [-0.05, 0) is 43.7 Å². The number of hydrogen-bond donors (Lipinski definition) is 2. The molecule has 3 N–H and O–H groups in total. The van der Waals surface area contributed by atoms with Gasteiger partial charge < -0.3 is 11.1 Å². The number of rotatable bonds is 6. The zero-order chi connectivity index (χ0) is 17.7. The average molecular weight is 397 g/mol. The molecule has 0 spiro atoms. The summed E-state index contributed by atoms with van der Waals surface area (Å²) in [5, 5.41) is 6.56. The van der Waals surface area contributed by atoms with Crippen LogP contribution < -0.4 is 11.1 Å². The molecule has 1 heterocycles. The second-order valence-corrected chi connectivity index (χ2v) is 5.48. The van der Waals surface area contributed by atoms with Crippen molar-refractivity contribution in [1.82, 2.24) is 15.1 Å². The van der Waals surface area contributed by atoms with Crippen LogP contribution in [0.25, 0.3) is 5.69 Å². The predicted molar refractivity (Wildman–Crippen MR) is 91.4 cm³/mol. The van der Waals surface area contributed by atoms with Crippen LogP contribution in [0.3, 0.4) is 0 Å². The first-order valence-corrected chi connectivity index (χ1v) is 7.62. The topological polar surface area (TPSA) is 72.9 Å². The molecule has 0 saturated carbocycles. The van der Waals surface area contributed by atoms with Crippen LogP contribution in [0, 0.1) is 0 Å². The second kappa shape index (κ2) is 9.07. The zero-order valence-corrected chi connectivity index (χ0v) is 14.6. The number of carbonyl (C=O) groups excluding carboxylic acids is 1. The molecule has 0 radical (unpaired) electrons. The summed E-state index contributed by atoms with van der Waals surface area (Å²) in [6.45, 7) is 0.706. The van der Waals surface area contributed by atoms with Crippen LogP contribution in [0.4, 0.5) is 13.2 Å². The number of unbranched alkanes of at least 4 members (excludes halogenated alkanes) is 1. The number of hydrogen-bond acceptors (Lipinski definition) is 3. The lowest BCUT2D eigenvalue weighted by molar-refractivity contribution is -0.143. The summed E-state index contributed by atoms with van der Waals surface area (Å²) in [7, 11) is 0. The van der Waals surface area contributed by atoms with Gasteiger partial charge in [0.2, 0.25) is 0 Å². The van der Waals surface area contributed by atoms with Gasteiger partial charge in [-0.15, -0.1) is 12.4 Å². The van der Waals surface area contributed by atoms with Crippen molar-refractivity contribution in [3.63, 3.8) is 0 Å². The molecule has 0 saturated heterocycles. The quantitative estimate of drug-likeness (QED) is 0.734. The molecule has 0 unspecified atom stereocenters. The maximum absolute atomic E-state index is 13.4. The summed E-state index contributed by atoms with van der Waals surface area (Å²) < 4.78 is 41.0. The summed E-state index contributed by atoms with van der Waals surface area (Å²) in [5.41, 5.74) is 3.85. The van der Waals surface area contributed by atoms with E-state index in [1.807, 2.05) is 0 Å². The van der Waals surface area contributed by atoms with E-state index in [1.54, 1.807) is 0 Å². The van der Waals surface area contributed by atoms with Gasteiger partial charge in [0.1, 0.15) is 0 Å². The van der Waals surface area contributed by atoms with Gasteiger partial charge in [-0.2, -0.15) is 18.3 Å². The summed E-state index contributed by atoms with van der Waals surface area (Å²) in [6, 6.07) is 5.69. The van der Waals surface area contributed by atoms with E-state index < -0.39 is 23.3 Å². The molecule has 0 fully saturated rings. The van der Waals surface area contributed by atoms with Crippen LogP contribution in [0.1, 0.15) is 28.9 Å². The molecule has 0 aliphatic carbocycles. The maximum Gasteiger partial charge on any atom is 0.434 e. The lowest BCUT2D eigenvalue weighted by Crippen LogP contribution is -2.27. The van der Waals surface area contributed by atoms with Gasteiger partial charge in [0.05, 0.1) is 17.4 Å². The summed E-state index contributed by atoms with van der Waals surface area (Å²) >= 11 is 5.74. The van der Waals surface area contributed by atoms with Crippen molar-refractivity contribution in [3.05, 3.63) is 46.7 Å². The second-order valence-electron chi connectivity index (χ2n) is 5.04. The summed E-state index contributed by atoms with van der Waals surface area (Å²) in [6.07, 6.45) is -2.55. The minimum absolute atomic E-state index is 0. The predicted octanol–water partition coefficient (Wildman–Crippen LogP) is 3.44. The zero-order valence-electron chi connectivity index (χ0n) is 13.0. The Labute approximate surface area is 153 Å². The molecule has 0 atom stereocenters. The van der Waals surface area contributed by atoms with Gasteiger partial charge in [-0.3, -0.25) is 4.79 Å². The van der Waals surface area contributed by atoms with E-state index in [0.717, 1.165) is 6.20 Å². The van der Waals surface area contributed by atoms with E-state index in [0.29, 0.717) is 29.1 Å². The third kappa shape index (κ3) is 5.35. The molecule has 10 heteroatoms. The van der Waals surface area contributed by atoms with Crippen molar-refractivity contribution in [2.24, 2.45) is 5.73 Å². The normalized spacial score (nSPS) is 11.1. The van der Waals surface area contributed by atoms with Crippen molar-refractivity contribution in [1.29, 1.82) is 0 Å². The van der Waals surface area contributed by atoms with Crippen molar-refractivity contribution in [2.45, 2.75) is 19.0 Å². The van der Waals surface area contributed by atoms with E-state index in [2.05, 4.69) is 10.4 Å². The lowest BCUT2D eigenvalue weighted by Gasteiger charge is -2.13. The largest absolute Gasteiger partial charge is 0.434 e. The van der Waals surface area contributed by atoms with Gasteiger partial charge in [0.15, 0.2) is 5.69 Å². The standard InChI is InChI=1S/C15H16ClF3N4O.ClH/c16-10-3-5-11(6-4-10)23-13(15(17,18)19)12(9-22-23)14(24)21-8-2-1-7-20;/h3-6,9H,1-2,7-8,20H2,(H,21,24);1H. The van der Waals surface area contributed by atoms with Crippen LogP contribution in [-0.2, 0) is 6.18 Å². The van der Waals surface area contributed by atoms with Crippen molar-refractivity contribution in [2.75, 3.05) is 13.1 Å². The van der Waals surface area contributed by atoms with E-state index in [9.17, 15) is 18.0 Å². The first kappa shape index (κ1) is 21.3. The fraction of sp³-hybridized carbons (Fsp3) is 0.333. The molecular weight excluding hydrogens is 380 g/mol. The molecule has 1 aromatic carbocycles. The van der Waals surface area contributed by atoms with E-state index >= 15 is 0 Å². The summed E-state index contributed by atoms with van der Waals surface area (Å²) in [5.74, 6) is -0.820. The molecule has 2 aromatic rings. The Kier molecular flexibility index (Phi) is 7.72. The maximum atomic E-state index is 13.4.